The van der Waals surface area contributed by atoms with E-state index in [2.05, 4.69) is 15.5 Å². The van der Waals surface area contributed by atoms with Crippen LogP contribution in [0.4, 0.5) is 5.13 Å². The third-order valence-corrected chi connectivity index (χ3v) is 4.67. The zero-order valence-corrected chi connectivity index (χ0v) is 12.9. The molecular weight excluding hydrogens is 292 g/mol. The molecule has 5 nitrogen and oxygen atoms in total. The fraction of sp³-hybridized carbons (Fsp3) is 0.308. The standard InChI is InChI=1S/C13H16N4OS2/c1-8-5-3-4-6-10(8)9(2)15-11(18)7-19-13-17-16-12(14)20-13/h3-6,9H,7H2,1-2H3,(H2,14,16)(H,15,18). The Hall–Kier alpha value is -1.60. The number of rotatable bonds is 5. The first kappa shape index (κ1) is 14.8. The molecule has 0 saturated carbocycles. The predicted molar refractivity (Wildman–Crippen MR) is 82.8 cm³/mol. The minimum Gasteiger partial charge on any atom is -0.374 e. The Bertz CT molecular complexity index is 600. The van der Waals surface area contributed by atoms with Crippen molar-refractivity contribution in [3.8, 4) is 0 Å². The van der Waals surface area contributed by atoms with Gasteiger partial charge in [0.1, 0.15) is 0 Å². The summed E-state index contributed by atoms with van der Waals surface area (Å²) in [5.41, 5.74) is 7.79. The lowest BCUT2D eigenvalue weighted by Gasteiger charge is -2.16. The fourth-order valence-corrected chi connectivity index (χ4v) is 3.29. The molecule has 106 valence electrons. The molecule has 0 saturated heterocycles. The van der Waals surface area contributed by atoms with Crippen LogP contribution in [0.1, 0.15) is 24.1 Å². The molecule has 2 rings (SSSR count). The first-order valence-electron chi connectivity index (χ1n) is 6.13. The maximum absolute atomic E-state index is 11.9. The molecular formula is C13H16N4OS2. The van der Waals surface area contributed by atoms with E-state index in [0.29, 0.717) is 15.2 Å². The first-order chi connectivity index (χ1) is 9.56. The molecule has 3 N–H and O–H groups in total. The number of nitrogens with one attached hydrogen (secondary N) is 1. The highest BCUT2D eigenvalue weighted by Crippen LogP contribution is 2.23. The summed E-state index contributed by atoms with van der Waals surface area (Å²) in [5.74, 6) is 0.282. The Balaban J connectivity index is 1.87. The molecule has 0 aliphatic carbocycles. The van der Waals surface area contributed by atoms with Gasteiger partial charge in [0.25, 0.3) is 0 Å². The molecule has 0 aliphatic rings. The molecule has 0 fully saturated rings. The van der Waals surface area contributed by atoms with Gasteiger partial charge in [-0.15, -0.1) is 10.2 Å². The number of benzene rings is 1. The molecule has 0 bridgehead atoms. The third-order valence-electron chi connectivity index (χ3n) is 2.78. The minimum atomic E-state index is -0.0282. The second-order valence-corrected chi connectivity index (χ2v) is 6.57. The summed E-state index contributed by atoms with van der Waals surface area (Å²) in [6.07, 6.45) is 0. The summed E-state index contributed by atoms with van der Waals surface area (Å²) in [6, 6.07) is 8.02. The lowest BCUT2D eigenvalue weighted by atomic mass is 10.0. The van der Waals surface area contributed by atoms with Gasteiger partial charge in [0.2, 0.25) is 11.0 Å². The van der Waals surface area contributed by atoms with Gasteiger partial charge in [-0.05, 0) is 25.0 Å². The van der Waals surface area contributed by atoms with Gasteiger partial charge in [-0.2, -0.15) is 0 Å². The quantitative estimate of drug-likeness (QED) is 0.829. The van der Waals surface area contributed by atoms with Gasteiger partial charge >= 0.3 is 0 Å². The number of anilines is 1. The molecule has 20 heavy (non-hydrogen) atoms. The first-order valence-corrected chi connectivity index (χ1v) is 7.93. The normalized spacial score (nSPS) is 12.1. The van der Waals surface area contributed by atoms with E-state index in [1.807, 2.05) is 38.1 Å². The number of nitrogens with two attached hydrogens (primary N) is 1. The van der Waals surface area contributed by atoms with Crippen LogP contribution in [-0.2, 0) is 4.79 Å². The summed E-state index contributed by atoms with van der Waals surface area (Å²) < 4.78 is 0.709. The van der Waals surface area contributed by atoms with E-state index in [1.165, 1.54) is 28.7 Å². The molecule has 0 radical (unpaired) electrons. The second kappa shape index (κ2) is 6.71. The highest BCUT2D eigenvalue weighted by Gasteiger charge is 2.12. The van der Waals surface area contributed by atoms with Crippen molar-refractivity contribution in [3.05, 3.63) is 35.4 Å². The zero-order chi connectivity index (χ0) is 14.5. The topological polar surface area (TPSA) is 80.9 Å². The molecule has 7 heteroatoms. The lowest BCUT2D eigenvalue weighted by molar-refractivity contribution is -0.119. The van der Waals surface area contributed by atoms with Gasteiger partial charge < -0.3 is 11.1 Å². The fourth-order valence-electron chi connectivity index (χ4n) is 1.84. The lowest BCUT2D eigenvalue weighted by Crippen LogP contribution is -2.28. The van der Waals surface area contributed by atoms with E-state index < -0.39 is 0 Å². The van der Waals surface area contributed by atoms with Gasteiger partial charge in [0, 0.05) is 0 Å². The number of nitrogens with zero attached hydrogens (tertiary/aromatic N) is 2. The van der Waals surface area contributed by atoms with Crippen LogP contribution >= 0.6 is 23.1 Å². The highest BCUT2D eigenvalue weighted by molar-refractivity contribution is 8.01. The van der Waals surface area contributed by atoms with Gasteiger partial charge in [-0.3, -0.25) is 4.79 Å². The summed E-state index contributed by atoms with van der Waals surface area (Å²) in [5, 5.41) is 11.0. The molecule has 1 aromatic carbocycles. The van der Waals surface area contributed by atoms with Crippen molar-refractivity contribution in [3.63, 3.8) is 0 Å². The number of hydrogen-bond acceptors (Lipinski definition) is 6. The number of carbonyl (C=O) groups is 1. The van der Waals surface area contributed by atoms with Crippen molar-refractivity contribution in [2.24, 2.45) is 0 Å². The van der Waals surface area contributed by atoms with Crippen molar-refractivity contribution < 1.29 is 4.79 Å². The molecule has 0 spiro atoms. The number of aromatic nitrogens is 2. The van der Waals surface area contributed by atoms with E-state index in [1.54, 1.807) is 0 Å². The average molecular weight is 308 g/mol. The van der Waals surface area contributed by atoms with Crippen molar-refractivity contribution in [2.75, 3.05) is 11.5 Å². The number of nitrogen functional groups attached to an aromatic ring is 1. The van der Waals surface area contributed by atoms with Crippen LogP contribution in [-0.4, -0.2) is 21.9 Å². The number of carbonyl (C=O) groups excluding carboxylic acids is 1. The number of amides is 1. The summed E-state index contributed by atoms with van der Waals surface area (Å²) >= 11 is 2.63. The van der Waals surface area contributed by atoms with E-state index in [0.717, 1.165) is 5.56 Å². The number of thioether (sulfide) groups is 1. The van der Waals surface area contributed by atoms with Crippen molar-refractivity contribution in [1.82, 2.24) is 15.5 Å². The molecule has 0 aliphatic heterocycles. The van der Waals surface area contributed by atoms with Crippen LogP contribution in [0.15, 0.2) is 28.6 Å². The van der Waals surface area contributed by atoms with Crippen LogP contribution in [0.25, 0.3) is 0 Å². The molecule has 1 unspecified atom stereocenters. The van der Waals surface area contributed by atoms with Gasteiger partial charge in [0.05, 0.1) is 11.8 Å². The van der Waals surface area contributed by atoms with Crippen molar-refractivity contribution >= 4 is 34.1 Å². The highest BCUT2D eigenvalue weighted by atomic mass is 32.2. The Morgan fingerprint density at radius 2 is 2.20 bits per heavy atom. The summed E-state index contributed by atoms with van der Waals surface area (Å²) in [6.45, 7) is 4.02. The van der Waals surface area contributed by atoms with Crippen LogP contribution < -0.4 is 11.1 Å². The summed E-state index contributed by atoms with van der Waals surface area (Å²) in [7, 11) is 0. The van der Waals surface area contributed by atoms with Crippen molar-refractivity contribution in [2.45, 2.75) is 24.2 Å². The van der Waals surface area contributed by atoms with Crippen LogP contribution in [0.3, 0.4) is 0 Å². The monoisotopic (exact) mass is 308 g/mol. The van der Waals surface area contributed by atoms with Gasteiger partial charge in [0.15, 0.2) is 4.34 Å². The van der Waals surface area contributed by atoms with Crippen LogP contribution in [0.2, 0.25) is 0 Å². The molecule has 1 amide bonds. The molecule has 1 heterocycles. The molecule has 1 atom stereocenters. The maximum Gasteiger partial charge on any atom is 0.230 e. The third kappa shape index (κ3) is 3.94. The summed E-state index contributed by atoms with van der Waals surface area (Å²) in [4.78, 5) is 11.9. The Morgan fingerprint density at radius 3 is 2.85 bits per heavy atom. The zero-order valence-electron chi connectivity index (χ0n) is 11.3. The maximum atomic E-state index is 11.9. The number of hydrogen-bond donors (Lipinski definition) is 2. The Kier molecular flexibility index (Phi) is 4.97. The predicted octanol–water partition coefficient (Wildman–Crippen LogP) is 2.40. The smallest absolute Gasteiger partial charge is 0.230 e. The number of aryl methyl sites for hydroxylation is 1. The minimum absolute atomic E-state index is 0.0104. The SMILES string of the molecule is Cc1ccccc1C(C)NC(=O)CSc1nnc(N)s1. The van der Waals surface area contributed by atoms with E-state index >= 15 is 0 Å². The second-order valence-electron chi connectivity index (χ2n) is 4.34. The average Bonchev–Trinajstić information content (AvgIpc) is 2.82. The van der Waals surface area contributed by atoms with Crippen LogP contribution in [0.5, 0.6) is 0 Å². The van der Waals surface area contributed by atoms with E-state index in [-0.39, 0.29) is 11.9 Å². The molecule has 2 aromatic rings. The van der Waals surface area contributed by atoms with Crippen LogP contribution in [0, 0.1) is 6.92 Å². The van der Waals surface area contributed by atoms with E-state index in [9.17, 15) is 4.79 Å². The largest absolute Gasteiger partial charge is 0.374 e. The van der Waals surface area contributed by atoms with Gasteiger partial charge in [-0.1, -0.05) is 47.4 Å². The van der Waals surface area contributed by atoms with Gasteiger partial charge in [-0.25, -0.2) is 0 Å². The Labute approximate surface area is 126 Å². The Morgan fingerprint density at radius 1 is 1.45 bits per heavy atom. The molecule has 1 aromatic heterocycles. The van der Waals surface area contributed by atoms with E-state index in [4.69, 9.17) is 5.73 Å². The van der Waals surface area contributed by atoms with Crippen molar-refractivity contribution in [1.29, 1.82) is 0 Å².